The van der Waals surface area contributed by atoms with Gasteiger partial charge in [0, 0.05) is 18.3 Å². The number of hydrogen-bond acceptors (Lipinski definition) is 5. The van der Waals surface area contributed by atoms with E-state index in [0.717, 1.165) is 35.4 Å². The second kappa shape index (κ2) is 7.73. The Bertz CT molecular complexity index is 1060. The monoisotopic (exact) mass is 394 g/mol. The van der Waals surface area contributed by atoms with Gasteiger partial charge < -0.3 is 9.42 Å². The Balaban J connectivity index is 1.67. The number of nitrogens with zero attached hydrogens (tertiary/aromatic N) is 4. The Hall–Kier alpha value is -3.09. The zero-order valence-electron chi connectivity index (χ0n) is 16.8. The number of aromatic nitrogens is 3. The molecule has 1 amide bonds. The second-order valence-corrected chi connectivity index (χ2v) is 7.49. The first kappa shape index (κ1) is 19.2. The maximum Gasteiger partial charge on any atom is 0.227 e. The number of hydrogen-bond donors (Lipinski definition) is 0. The van der Waals surface area contributed by atoms with Crippen molar-refractivity contribution in [3.8, 4) is 11.3 Å². The molecule has 7 heteroatoms. The largest absolute Gasteiger partial charge is 0.356 e. The number of benzene rings is 1. The fourth-order valence-electron chi connectivity index (χ4n) is 3.86. The van der Waals surface area contributed by atoms with Crippen LogP contribution in [0, 0.1) is 26.6 Å². The molecule has 0 bridgehead atoms. The summed E-state index contributed by atoms with van der Waals surface area (Å²) >= 11 is 0. The van der Waals surface area contributed by atoms with Crippen molar-refractivity contribution in [2.24, 2.45) is 0 Å². The average Bonchev–Trinajstić information content (AvgIpc) is 3.30. The molecule has 0 saturated carbocycles. The zero-order valence-corrected chi connectivity index (χ0v) is 16.8. The van der Waals surface area contributed by atoms with E-state index in [4.69, 9.17) is 4.52 Å². The van der Waals surface area contributed by atoms with Crippen molar-refractivity contribution in [3.63, 3.8) is 0 Å². The number of carbonyl (C=O) groups excluding carboxylic acids is 1. The Labute approximate surface area is 168 Å². The zero-order chi connectivity index (χ0) is 20.5. The van der Waals surface area contributed by atoms with Gasteiger partial charge in [0.1, 0.15) is 11.6 Å². The van der Waals surface area contributed by atoms with Crippen LogP contribution in [0.2, 0.25) is 0 Å². The third-order valence-corrected chi connectivity index (χ3v) is 5.47. The molecule has 29 heavy (non-hydrogen) atoms. The fourth-order valence-corrected chi connectivity index (χ4v) is 3.86. The molecule has 0 unspecified atom stereocenters. The molecule has 1 aliphatic rings. The minimum Gasteiger partial charge on any atom is -0.356 e. The van der Waals surface area contributed by atoms with Crippen molar-refractivity contribution >= 4 is 5.91 Å². The summed E-state index contributed by atoms with van der Waals surface area (Å²) in [6, 6.07) is 6.01. The molecule has 4 rings (SSSR count). The molecule has 0 spiro atoms. The molecule has 6 nitrogen and oxygen atoms in total. The molecule has 1 atom stereocenters. The molecular formula is C22H23FN4O2. The minimum atomic E-state index is -0.335. The Kier molecular flexibility index (Phi) is 5.13. The summed E-state index contributed by atoms with van der Waals surface area (Å²) in [5.74, 6) is 0.910. The van der Waals surface area contributed by atoms with Crippen molar-refractivity contribution < 1.29 is 13.7 Å². The first-order valence-corrected chi connectivity index (χ1v) is 9.74. The van der Waals surface area contributed by atoms with Crippen LogP contribution in [-0.2, 0) is 11.2 Å². The van der Waals surface area contributed by atoms with Crippen LogP contribution < -0.4 is 0 Å². The molecule has 1 aromatic carbocycles. The van der Waals surface area contributed by atoms with Crippen LogP contribution in [0.5, 0.6) is 0 Å². The van der Waals surface area contributed by atoms with Crippen LogP contribution in [0.1, 0.15) is 47.2 Å². The summed E-state index contributed by atoms with van der Waals surface area (Å²) < 4.78 is 19.1. The first-order chi connectivity index (χ1) is 13.9. The third-order valence-electron chi connectivity index (χ3n) is 5.47. The molecule has 150 valence electrons. The van der Waals surface area contributed by atoms with Gasteiger partial charge in [-0.05, 0) is 51.3 Å². The molecule has 3 aromatic rings. The van der Waals surface area contributed by atoms with Crippen molar-refractivity contribution in [3.05, 3.63) is 64.6 Å². The number of rotatable bonds is 4. The highest BCUT2D eigenvalue weighted by atomic mass is 19.1. The molecule has 0 aliphatic carbocycles. The minimum absolute atomic E-state index is 0.0363. The normalized spacial score (nSPS) is 16.4. The van der Waals surface area contributed by atoms with Crippen LogP contribution in [0.25, 0.3) is 11.3 Å². The van der Waals surface area contributed by atoms with Crippen molar-refractivity contribution in [2.45, 2.75) is 46.1 Å². The molecule has 1 fully saturated rings. The molecule has 3 heterocycles. The highest BCUT2D eigenvalue weighted by Gasteiger charge is 2.34. The van der Waals surface area contributed by atoms with Gasteiger partial charge in [-0.25, -0.2) is 14.4 Å². The van der Waals surface area contributed by atoms with E-state index >= 15 is 0 Å². The lowest BCUT2D eigenvalue weighted by Gasteiger charge is -2.26. The van der Waals surface area contributed by atoms with Crippen LogP contribution in [0.3, 0.4) is 0 Å². The van der Waals surface area contributed by atoms with Crippen LogP contribution in [0.4, 0.5) is 4.39 Å². The number of amides is 1. The van der Waals surface area contributed by atoms with Gasteiger partial charge in [0.15, 0.2) is 5.76 Å². The standard InChI is InChI=1S/C22H23FN4O2/c1-13-14(2)26-29-22(13)18-12-24-15(3)25-21(18)19-8-5-9-27(19)20(28)11-16-6-4-7-17(23)10-16/h4,6-7,10,12,19H,5,8-9,11H2,1-3H3/t19-/m0/s1. The van der Waals surface area contributed by atoms with Crippen LogP contribution >= 0.6 is 0 Å². The summed E-state index contributed by atoms with van der Waals surface area (Å²) in [7, 11) is 0. The quantitative estimate of drug-likeness (QED) is 0.666. The van der Waals surface area contributed by atoms with E-state index in [9.17, 15) is 9.18 Å². The van der Waals surface area contributed by atoms with Crippen molar-refractivity contribution in [2.75, 3.05) is 6.54 Å². The van der Waals surface area contributed by atoms with E-state index in [-0.39, 0.29) is 24.2 Å². The smallest absolute Gasteiger partial charge is 0.227 e. The van der Waals surface area contributed by atoms with Gasteiger partial charge in [-0.2, -0.15) is 0 Å². The summed E-state index contributed by atoms with van der Waals surface area (Å²) in [6.45, 7) is 6.32. The number of carbonyl (C=O) groups is 1. The first-order valence-electron chi connectivity index (χ1n) is 9.74. The van der Waals surface area contributed by atoms with Gasteiger partial charge in [0.2, 0.25) is 5.91 Å². The van der Waals surface area contributed by atoms with Gasteiger partial charge in [0.25, 0.3) is 0 Å². The van der Waals surface area contributed by atoms with E-state index in [1.807, 2.05) is 25.7 Å². The highest BCUT2D eigenvalue weighted by Crippen LogP contribution is 2.38. The Morgan fingerprint density at radius 2 is 2.14 bits per heavy atom. The maximum atomic E-state index is 13.5. The van der Waals surface area contributed by atoms with E-state index in [1.54, 1.807) is 18.3 Å². The Morgan fingerprint density at radius 1 is 1.31 bits per heavy atom. The highest BCUT2D eigenvalue weighted by molar-refractivity contribution is 5.80. The van der Waals surface area contributed by atoms with Crippen molar-refractivity contribution in [1.29, 1.82) is 0 Å². The van der Waals surface area contributed by atoms with Crippen LogP contribution in [-0.4, -0.2) is 32.5 Å². The summed E-state index contributed by atoms with van der Waals surface area (Å²) in [5.41, 5.74) is 3.97. The topological polar surface area (TPSA) is 72.1 Å². The lowest BCUT2D eigenvalue weighted by Crippen LogP contribution is -2.32. The van der Waals surface area contributed by atoms with E-state index < -0.39 is 0 Å². The predicted octanol–water partition coefficient (Wildman–Crippen LogP) is 4.10. The van der Waals surface area contributed by atoms with E-state index in [1.165, 1.54) is 12.1 Å². The third kappa shape index (κ3) is 3.77. The van der Waals surface area contributed by atoms with Gasteiger partial charge in [-0.3, -0.25) is 4.79 Å². The maximum absolute atomic E-state index is 13.5. The lowest BCUT2D eigenvalue weighted by atomic mass is 10.0. The summed E-state index contributed by atoms with van der Waals surface area (Å²) in [4.78, 5) is 23.9. The average molecular weight is 394 g/mol. The summed E-state index contributed by atoms with van der Waals surface area (Å²) in [6.07, 6.45) is 3.60. The van der Waals surface area contributed by atoms with Crippen LogP contribution in [0.15, 0.2) is 35.0 Å². The lowest BCUT2D eigenvalue weighted by molar-refractivity contribution is -0.131. The number of aryl methyl sites for hydroxylation is 2. The predicted molar refractivity (Wildman–Crippen MR) is 106 cm³/mol. The van der Waals surface area contributed by atoms with E-state index in [0.29, 0.717) is 23.7 Å². The number of likely N-dealkylation sites (tertiary alicyclic amines) is 1. The molecule has 1 aliphatic heterocycles. The van der Waals surface area contributed by atoms with Gasteiger partial charge in [-0.1, -0.05) is 17.3 Å². The second-order valence-electron chi connectivity index (χ2n) is 7.49. The van der Waals surface area contributed by atoms with Gasteiger partial charge in [0.05, 0.1) is 29.4 Å². The number of halogens is 1. The van der Waals surface area contributed by atoms with Crippen molar-refractivity contribution in [1.82, 2.24) is 20.0 Å². The molecular weight excluding hydrogens is 371 g/mol. The molecule has 0 radical (unpaired) electrons. The van der Waals surface area contributed by atoms with Gasteiger partial charge in [-0.15, -0.1) is 0 Å². The summed E-state index contributed by atoms with van der Waals surface area (Å²) in [5, 5.41) is 4.05. The molecule has 0 N–H and O–H groups in total. The van der Waals surface area contributed by atoms with E-state index in [2.05, 4.69) is 15.1 Å². The Morgan fingerprint density at radius 3 is 2.86 bits per heavy atom. The molecule has 1 saturated heterocycles. The van der Waals surface area contributed by atoms with Gasteiger partial charge >= 0.3 is 0 Å². The fraction of sp³-hybridized carbons (Fsp3) is 0.364. The SMILES string of the molecule is Cc1ncc(-c2onc(C)c2C)c([C@@H]2CCCN2C(=O)Cc2cccc(F)c2)n1. The molecule has 2 aromatic heterocycles.